The Bertz CT molecular complexity index is 453. The van der Waals surface area contributed by atoms with Gasteiger partial charge in [0.1, 0.15) is 0 Å². The largest absolute Gasteiger partial charge is 0.325 e. The number of aromatic amines is 1. The van der Waals surface area contributed by atoms with Gasteiger partial charge in [-0.05, 0) is 12.5 Å². The van der Waals surface area contributed by atoms with Crippen molar-refractivity contribution in [2.75, 3.05) is 0 Å². The molecule has 1 unspecified atom stereocenters. The molecule has 15 heavy (non-hydrogen) atoms. The van der Waals surface area contributed by atoms with Gasteiger partial charge < -0.3 is 4.98 Å². The Morgan fingerprint density at radius 2 is 2.00 bits per heavy atom. The number of hydrogen-bond donors (Lipinski definition) is 1. The molecule has 0 fully saturated rings. The Kier molecular flexibility index (Phi) is 2.38. The monoisotopic (exact) mass is 213 g/mol. The van der Waals surface area contributed by atoms with Crippen LogP contribution in [-0.2, 0) is 6.42 Å². The van der Waals surface area contributed by atoms with Crippen LogP contribution in [-0.4, -0.2) is 17.2 Å². The molecule has 1 heterocycles. The standard InChI is InChI=1S/C10H9F2NO2/c11-10(12)5-3-7-6(8(14)4-5)1-2-9(15)13-7/h1-2,5,10H,3-4H2,(H,13,15). The lowest BCUT2D eigenvalue weighted by molar-refractivity contribution is 0.0591. The highest BCUT2D eigenvalue weighted by atomic mass is 19.3. The maximum atomic E-state index is 12.4. The van der Waals surface area contributed by atoms with Crippen LogP contribution in [0.5, 0.6) is 0 Å². The molecule has 1 aliphatic carbocycles. The average molecular weight is 213 g/mol. The molecule has 0 radical (unpaired) electrons. The summed E-state index contributed by atoms with van der Waals surface area (Å²) in [4.78, 5) is 24.9. The van der Waals surface area contributed by atoms with Crippen LogP contribution in [0.3, 0.4) is 0 Å². The van der Waals surface area contributed by atoms with Crippen LogP contribution in [0.15, 0.2) is 16.9 Å². The number of carbonyl (C=O) groups excluding carboxylic acids is 1. The summed E-state index contributed by atoms with van der Waals surface area (Å²) in [5.74, 6) is -1.29. The number of pyridine rings is 1. The Hall–Kier alpha value is -1.52. The lowest BCUT2D eigenvalue weighted by Gasteiger charge is -2.22. The molecule has 0 aromatic carbocycles. The topological polar surface area (TPSA) is 49.9 Å². The SMILES string of the molecule is O=C1CC(C(F)F)Cc2[nH]c(=O)ccc21. The van der Waals surface area contributed by atoms with E-state index in [9.17, 15) is 18.4 Å². The van der Waals surface area contributed by atoms with Crippen LogP contribution in [0.25, 0.3) is 0 Å². The molecule has 0 saturated carbocycles. The maximum absolute atomic E-state index is 12.4. The number of nitrogens with one attached hydrogen (secondary N) is 1. The summed E-state index contributed by atoms with van der Waals surface area (Å²) < 4.78 is 24.9. The van der Waals surface area contributed by atoms with Crippen LogP contribution in [0.4, 0.5) is 8.78 Å². The molecule has 0 amide bonds. The molecule has 80 valence electrons. The van der Waals surface area contributed by atoms with Crippen LogP contribution >= 0.6 is 0 Å². The number of aromatic nitrogens is 1. The second kappa shape index (κ2) is 3.56. The van der Waals surface area contributed by atoms with Gasteiger partial charge in [-0.25, -0.2) is 8.78 Å². The van der Waals surface area contributed by atoms with Crippen molar-refractivity contribution in [2.45, 2.75) is 19.3 Å². The molecule has 0 spiro atoms. The first-order chi connectivity index (χ1) is 7.08. The number of rotatable bonds is 1. The van der Waals surface area contributed by atoms with Gasteiger partial charge in [-0.1, -0.05) is 0 Å². The smallest absolute Gasteiger partial charge is 0.248 e. The van der Waals surface area contributed by atoms with Crippen molar-refractivity contribution in [3.05, 3.63) is 33.7 Å². The number of Topliss-reactive ketones (excluding diaryl/α,β-unsaturated/α-hetero) is 1. The minimum atomic E-state index is -2.52. The van der Waals surface area contributed by atoms with Crippen LogP contribution in [0.1, 0.15) is 22.5 Å². The fraction of sp³-hybridized carbons (Fsp3) is 0.400. The Labute approximate surface area is 84.1 Å². The van der Waals surface area contributed by atoms with Gasteiger partial charge in [0, 0.05) is 29.7 Å². The van der Waals surface area contributed by atoms with E-state index in [0.29, 0.717) is 11.3 Å². The molecule has 0 bridgehead atoms. The third-order valence-corrected chi connectivity index (χ3v) is 2.57. The Balaban J connectivity index is 2.42. The molecule has 1 atom stereocenters. The fourth-order valence-corrected chi connectivity index (χ4v) is 1.80. The number of ketones is 1. The van der Waals surface area contributed by atoms with Crippen molar-refractivity contribution in [3.63, 3.8) is 0 Å². The average Bonchev–Trinajstić information content (AvgIpc) is 2.16. The normalized spacial score (nSPS) is 20.5. The molecule has 1 aromatic heterocycles. The second-order valence-electron chi connectivity index (χ2n) is 3.64. The third-order valence-electron chi connectivity index (χ3n) is 2.57. The van der Waals surface area contributed by atoms with E-state index in [1.54, 1.807) is 0 Å². The number of fused-ring (bicyclic) bond motifs is 1. The predicted octanol–water partition coefficient (Wildman–Crippen LogP) is 1.39. The molecule has 0 saturated heterocycles. The van der Waals surface area contributed by atoms with Gasteiger partial charge in [-0.2, -0.15) is 0 Å². The van der Waals surface area contributed by atoms with Crippen LogP contribution in [0, 0.1) is 5.92 Å². The predicted molar refractivity (Wildman–Crippen MR) is 49.2 cm³/mol. The highest BCUT2D eigenvalue weighted by molar-refractivity contribution is 5.98. The van der Waals surface area contributed by atoms with Crippen molar-refractivity contribution in [2.24, 2.45) is 5.92 Å². The van der Waals surface area contributed by atoms with E-state index in [-0.39, 0.29) is 24.2 Å². The van der Waals surface area contributed by atoms with Crippen LogP contribution < -0.4 is 5.56 Å². The first kappa shape index (κ1) is 10.0. The maximum Gasteiger partial charge on any atom is 0.248 e. The molecule has 1 aliphatic rings. The Morgan fingerprint density at radius 1 is 1.27 bits per heavy atom. The molecule has 1 N–H and O–H groups in total. The van der Waals surface area contributed by atoms with Gasteiger partial charge in [0.05, 0.1) is 0 Å². The summed E-state index contributed by atoms with van der Waals surface area (Å²) in [5, 5.41) is 0. The highest BCUT2D eigenvalue weighted by Gasteiger charge is 2.31. The lowest BCUT2D eigenvalue weighted by Crippen LogP contribution is -2.28. The minimum absolute atomic E-state index is 0.0643. The quantitative estimate of drug-likeness (QED) is 0.766. The van der Waals surface area contributed by atoms with Gasteiger partial charge >= 0.3 is 0 Å². The van der Waals surface area contributed by atoms with Gasteiger partial charge in [0.15, 0.2) is 5.78 Å². The number of halogens is 2. The zero-order valence-electron chi connectivity index (χ0n) is 7.80. The van der Waals surface area contributed by atoms with E-state index in [2.05, 4.69) is 4.98 Å². The van der Waals surface area contributed by atoms with E-state index >= 15 is 0 Å². The summed E-state index contributed by atoms with van der Waals surface area (Å²) in [7, 11) is 0. The van der Waals surface area contributed by atoms with E-state index in [1.807, 2.05) is 0 Å². The molecular weight excluding hydrogens is 204 g/mol. The zero-order valence-corrected chi connectivity index (χ0v) is 7.80. The van der Waals surface area contributed by atoms with Gasteiger partial charge in [-0.3, -0.25) is 9.59 Å². The van der Waals surface area contributed by atoms with E-state index < -0.39 is 12.3 Å². The fourth-order valence-electron chi connectivity index (χ4n) is 1.80. The Morgan fingerprint density at radius 3 is 2.67 bits per heavy atom. The summed E-state index contributed by atoms with van der Waals surface area (Å²) in [6.45, 7) is 0. The first-order valence-corrected chi connectivity index (χ1v) is 4.61. The summed E-state index contributed by atoms with van der Waals surface area (Å²) in [5.41, 5.74) is 0.340. The summed E-state index contributed by atoms with van der Waals surface area (Å²) >= 11 is 0. The number of H-pyrrole nitrogens is 1. The number of alkyl halides is 2. The third kappa shape index (κ3) is 1.82. The van der Waals surface area contributed by atoms with Crippen molar-refractivity contribution in [3.8, 4) is 0 Å². The van der Waals surface area contributed by atoms with Crippen molar-refractivity contribution < 1.29 is 13.6 Å². The molecule has 3 nitrogen and oxygen atoms in total. The van der Waals surface area contributed by atoms with Gasteiger partial charge in [0.2, 0.25) is 12.0 Å². The summed E-state index contributed by atoms with van der Waals surface area (Å²) in [6.07, 6.45) is -2.60. The van der Waals surface area contributed by atoms with E-state index in [4.69, 9.17) is 0 Å². The summed E-state index contributed by atoms with van der Waals surface area (Å²) in [6, 6.07) is 2.64. The minimum Gasteiger partial charge on any atom is -0.325 e. The molecule has 5 heteroatoms. The molecule has 1 aromatic rings. The molecular formula is C10H9F2NO2. The zero-order chi connectivity index (χ0) is 11.0. The number of carbonyl (C=O) groups is 1. The first-order valence-electron chi connectivity index (χ1n) is 4.61. The second-order valence-corrected chi connectivity index (χ2v) is 3.64. The van der Waals surface area contributed by atoms with Gasteiger partial charge in [0.25, 0.3) is 0 Å². The molecule has 2 rings (SSSR count). The van der Waals surface area contributed by atoms with Crippen molar-refractivity contribution in [1.29, 1.82) is 0 Å². The number of hydrogen-bond acceptors (Lipinski definition) is 2. The van der Waals surface area contributed by atoms with E-state index in [0.717, 1.165) is 0 Å². The highest BCUT2D eigenvalue weighted by Crippen LogP contribution is 2.27. The van der Waals surface area contributed by atoms with Gasteiger partial charge in [-0.15, -0.1) is 0 Å². The lowest BCUT2D eigenvalue weighted by atomic mass is 9.86. The molecule has 0 aliphatic heterocycles. The van der Waals surface area contributed by atoms with Crippen molar-refractivity contribution in [1.82, 2.24) is 4.98 Å². The van der Waals surface area contributed by atoms with Crippen LogP contribution in [0.2, 0.25) is 0 Å². The van der Waals surface area contributed by atoms with E-state index in [1.165, 1.54) is 12.1 Å². The van der Waals surface area contributed by atoms with Crippen molar-refractivity contribution >= 4 is 5.78 Å².